The van der Waals surface area contributed by atoms with Crippen LogP contribution >= 0.6 is 11.3 Å². The third-order valence-electron chi connectivity index (χ3n) is 4.76. The average molecular weight is 368 g/mol. The minimum absolute atomic E-state index is 0.0715. The fourth-order valence-electron chi connectivity index (χ4n) is 2.96. The van der Waals surface area contributed by atoms with Crippen molar-refractivity contribution in [2.75, 3.05) is 40.4 Å². The molecule has 1 aliphatic rings. The van der Waals surface area contributed by atoms with Crippen molar-refractivity contribution in [3.05, 3.63) is 16.1 Å². The first-order chi connectivity index (χ1) is 12.1. The number of thiazole rings is 1. The van der Waals surface area contributed by atoms with E-state index in [-0.39, 0.29) is 5.91 Å². The number of carbonyl (C=O) groups is 1. The third kappa shape index (κ3) is 5.67. The Bertz CT molecular complexity index is 583. The molecule has 7 nitrogen and oxygen atoms in total. The second kappa shape index (κ2) is 9.72. The van der Waals surface area contributed by atoms with Crippen molar-refractivity contribution in [1.29, 1.82) is 0 Å². The number of carbonyl (C=O) groups excluding carboxylic acids is 1. The second-order valence-electron chi connectivity index (χ2n) is 6.47. The highest BCUT2D eigenvalue weighted by Gasteiger charge is 2.36. The number of aryl methyl sites for hydroxylation is 1. The molecule has 1 fully saturated rings. The Morgan fingerprint density at radius 3 is 2.68 bits per heavy atom. The van der Waals surface area contributed by atoms with Gasteiger partial charge in [0.2, 0.25) is 0 Å². The monoisotopic (exact) mass is 367 g/mol. The molecule has 1 saturated carbocycles. The molecule has 2 rings (SSSR count). The highest BCUT2D eigenvalue weighted by molar-refractivity contribution is 7.11. The largest absolute Gasteiger partial charge is 0.385 e. The van der Waals surface area contributed by atoms with Crippen LogP contribution in [0.3, 0.4) is 0 Å². The number of nitrogens with one attached hydrogen (secondary N) is 3. The van der Waals surface area contributed by atoms with Crippen LogP contribution in [0.15, 0.2) is 10.5 Å². The van der Waals surface area contributed by atoms with Crippen molar-refractivity contribution in [3.63, 3.8) is 0 Å². The number of rotatable bonds is 9. The van der Waals surface area contributed by atoms with Crippen molar-refractivity contribution in [3.8, 4) is 0 Å². The molecule has 140 valence electrons. The van der Waals surface area contributed by atoms with Gasteiger partial charge in [-0.1, -0.05) is 6.42 Å². The molecule has 0 radical (unpaired) electrons. The SMILES string of the molecule is CN=C(NCCNC(=O)c1scnc1C)NCC1(CCOC)CCC1. The van der Waals surface area contributed by atoms with Crippen LogP contribution in [-0.2, 0) is 4.74 Å². The Hall–Kier alpha value is -1.67. The molecule has 0 spiro atoms. The van der Waals surface area contributed by atoms with Crippen LogP contribution in [0.5, 0.6) is 0 Å². The predicted molar refractivity (Wildman–Crippen MR) is 101 cm³/mol. The Labute approximate surface area is 153 Å². The summed E-state index contributed by atoms with van der Waals surface area (Å²) in [4.78, 5) is 21.0. The van der Waals surface area contributed by atoms with Gasteiger partial charge >= 0.3 is 0 Å². The summed E-state index contributed by atoms with van der Waals surface area (Å²) in [6.45, 7) is 4.70. The first kappa shape index (κ1) is 19.7. The number of methoxy groups -OCH3 is 1. The maximum Gasteiger partial charge on any atom is 0.263 e. The molecule has 3 N–H and O–H groups in total. The van der Waals surface area contributed by atoms with Crippen LogP contribution in [0.25, 0.3) is 0 Å². The van der Waals surface area contributed by atoms with Crippen molar-refractivity contribution < 1.29 is 9.53 Å². The highest BCUT2D eigenvalue weighted by atomic mass is 32.1. The van der Waals surface area contributed by atoms with E-state index in [9.17, 15) is 4.79 Å². The van der Waals surface area contributed by atoms with Crippen LogP contribution < -0.4 is 16.0 Å². The van der Waals surface area contributed by atoms with Crippen LogP contribution in [0.4, 0.5) is 0 Å². The van der Waals surface area contributed by atoms with E-state index in [1.54, 1.807) is 19.7 Å². The molecule has 0 aliphatic heterocycles. The smallest absolute Gasteiger partial charge is 0.263 e. The van der Waals surface area contributed by atoms with Crippen molar-refractivity contribution in [2.24, 2.45) is 10.4 Å². The number of amides is 1. The summed E-state index contributed by atoms with van der Waals surface area (Å²) in [5, 5.41) is 9.55. The number of aliphatic imine (C=N–C) groups is 1. The first-order valence-corrected chi connectivity index (χ1v) is 9.60. The lowest BCUT2D eigenvalue weighted by atomic mass is 9.67. The number of ether oxygens (including phenoxy) is 1. The quantitative estimate of drug-likeness (QED) is 0.350. The zero-order valence-electron chi connectivity index (χ0n) is 15.4. The lowest BCUT2D eigenvalue weighted by Crippen LogP contribution is -2.48. The lowest BCUT2D eigenvalue weighted by molar-refractivity contribution is 0.0732. The number of aromatic nitrogens is 1. The summed E-state index contributed by atoms with van der Waals surface area (Å²) in [7, 11) is 3.51. The van der Waals surface area contributed by atoms with Crippen LogP contribution in [-0.4, -0.2) is 57.2 Å². The molecule has 1 aromatic heterocycles. The molecule has 0 aromatic carbocycles. The van der Waals surface area contributed by atoms with Gasteiger partial charge in [-0.15, -0.1) is 11.3 Å². The maximum absolute atomic E-state index is 12.0. The standard InChI is InChI=1S/C17H29N5O2S/c1-13-14(25-12-22-13)15(23)19-8-9-20-16(18-2)21-11-17(5-4-6-17)7-10-24-3/h12H,4-11H2,1-3H3,(H,19,23)(H2,18,20,21). The zero-order chi connectivity index (χ0) is 18.1. The van der Waals surface area contributed by atoms with Gasteiger partial charge in [0.15, 0.2) is 5.96 Å². The van der Waals surface area contributed by atoms with Crippen LogP contribution in [0.1, 0.15) is 41.0 Å². The molecular formula is C17H29N5O2S. The Kier molecular flexibility index (Phi) is 7.64. The summed E-state index contributed by atoms with van der Waals surface area (Å²) in [6.07, 6.45) is 4.85. The molecule has 1 heterocycles. The summed E-state index contributed by atoms with van der Waals surface area (Å²) >= 11 is 1.36. The number of hydrogen-bond acceptors (Lipinski definition) is 5. The minimum Gasteiger partial charge on any atom is -0.385 e. The molecule has 1 aliphatic carbocycles. The number of nitrogens with zero attached hydrogens (tertiary/aromatic N) is 2. The van der Waals surface area contributed by atoms with Gasteiger partial charge in [-0.25, -0.2) is 4.98 Å². The van der Waals surface area contributed by atoms with E-state index in [0.29, 0.717) is 23.4 Å². The van der Waals surface area contributed by atoms with Gasteiger partial charge in [-0.05, 0) is 31.6 Å². The number of guanidine groups is 1. The van der Waals surface area contributed by atoms with E-state index in [2.05, 4.69) is 25.9 Å². The molecule has 1 amide bonds. The zero-order valence-corrected chi connectivity index (χ0v) is 16.2. The van der Waals surface area contributed by atoms with Crippen LogP contribution in [0, 0.1) is 12.3 Å². The molecular weight excluding hydrogens is 338 g/mol. The molecule has 0 unspecified atom stereocenters. The minimum atomic E-state index is -0.0715. The van der Waals surface area contributed by atoms with E-state index >= 15 is 0 Å². The Morgan fingerprint density at radius 2 is 2.12 bits per heavy atom. The van der Waals surface area contributed by atoms with Gasteiger partial charge < -0.3 is 20.7 Å². The number of hydrogen-bond donors (Lipinski definition) is 3. The van der Waals surface area contributed by atoms with E-state index in [0.717, 1.165) is 31.2 Å². The van der Waals surface area contributed by atoms with E-state index in [1.165, 1.54) is 30.6 Å². The van der Waals surface area contributed by atoms with Gasteiger partial charge in [0.25, 0.3) is 5.91 Å². The molecule has 0 bridgehead atoms. The van der Waals surface area contributed by atoms with Gasteiger partial charge in [0, 0.05) is 40.4 Å². The summed E-state index contributed by atoms with van der Waals surface area (Å²) in [5.74, 6) is 0.699. The molecule has 8 heteroatoms. The first-order valence-electron chi connectivity index (χ1n) is 8.72. The van der Waals surface area contributed by atoms with Crippen molar-refractivity contribution >= 4 is 23.2 Å². The summed E-state index contributed by atoms with van der Waals surface area (Å²) in [5.41, 5.74) is 2.80. The van der Waals surface area contributed by atoms with Crippen LogP contribution in [0.2, 0.25) is 0 Å². The van der Waals surface area contributed by atoms with Crippen molar-refractivity contribution in [1.82, 2.24) is 20.9 Å². The normalized spacial score (nSPS) is 16.2. The predicted octanol–water partition coefficient (Wildman–Crippen LogP) is 1.55. The topological polar surface area (TPSA) is 87.6 Å². The van der Waals surface area contributed by atoms with E-state index in [1.807, 2.05) is 6.92 Å². The highest BCUT2D eigenvalue weighted by Crippen LogP contribution is 2.43. The summed E-state index contributed by atoms with van der Waals surface area (Å²) in [6, 6.07) is 0. The average Bonchev–Trinajstić information content (AvgIpc) is 3.01. The third-order valence-corrected chi connectivity index (χ3v) is 5.69. The summed E-state index contributed by atoms with van der Waals surface area (Å²) < 4.78 is 5.23. The van der Waals surface area contributed by atoms with E-state index < -0.39 is 0 Å². The maximum atomic E-state index is 12.0. The Morgan fingerprint density at radius 1 is 1.36 bits per heavy atom. The molecule has 1 aromatic rings. The lowest BCUT2D eigenvalue weighted by Gasteiger charge is -2.42. The van der Waals surface area contributed by atoms with Gasteiger partial charge in [-0.3, -0.25) is 9.79 Å². The Balaban J connectivity index is 1.67. The molecule has 0 atom stereocenters. The fourth-order valence-corrected chi connectivity index (χ4v) is 3.68. The second-order valence-corrected chi connectivity index (χ2v) is 7.33. The van der Waals surface area contributed by atoms with Gasteiger partial charge in [0.05, 0.1) is 11.2 Å². The molecule has 25 heavy (non-hydrogen) atoms. The molecule has 0 saturated heterocycles. The van der Waals surface area contributed by atoms with Gasteiger partial charge in [0.1, 0.15) is 4.88 Å². The fraction of sp³-hybridized carbons (Fsp3) is 0.706. The van der Waals surface area contributed by atoms with E-state index in [4.69, 9.17) is 4.74 Å². The van der Waals surface area contributed by atoms with Gasteiger partial charge in [-0.2, -0.15) is 0 Å². The van der Waals surface area contributed by atoms with Crippen molar-refractivity contribution in [2.45, 2.75) is 32.6 Å².